The van der Waals surface area contributed by atoms with Crippen molar-refractivity contribution in [3.63, 3.8) is 0 Å². The molecule has 1 aromatic carbocycles. The van der Waals surface area contributed by atoms with Crippen LogP contribution in [0.3, 0.4) is 0 Å². The molecule has 2 nitrogen and oxygen atoms in total. The number of rotatable bonds is 2. The number of anilines is 1. The van der Waals surface area contributed by atoms with Crippen LogP contribution >= 0.6 is 15.9 Å². The van der Waals surface area contributed by atoms with Gasteiger partial charge in [0, 0.05) is 4.47 Å². The van der Waals surface area contributed by atoms with Gasteiger partial charge in [-0.1, -0.05) is 13.0 Å². The Labute approximate surface area is 80.3 Å². The molecule has 1 aromatic rings. The summed E-state index contributed by atoms with van der Waals surface area (Å²) >= 11 is 3.35. The van der Waals surface area contributed by atoms with E-state index in [1.54, 1.807) is 0 Å². The van der Waals surface area contributed by atoms with Crippen molar-refractivity contribution < 1.29 is 0 Å². The number of benzene rings is 1. The summed E-state index contributed by atoms with van der Waals surface area (Å²) < 4.78 is 0.918. The van der Waals surface area contributed by atoms with Crippen LogP contribution in [-0.2, 0) is 6.42 Å². The summed E-state index contributed by atoms with van der Waals surface area (Å²) in [6.45, 7) is 2.08. The van der Waals surface area contributed by atoms with Crippen molar-refractivity contribution in [2.24, 2.45) is 0 Å². The summed E-state index contributed by atoms with van der Waals surface area (Å²) in [7, 11) is 0. The summed E-state index contributed by atoms with van der Waals surface area (Å²) in [6, 6.07) is 5.94. The number of hydrogen-bond acceptors (Lipinski definition) is 2. The van der Waals surface area contributed by atoms with Crippen LogP contribution in [0.15, 0.2) is 22.7 Å². The van der Waals surface area contributed by atoms with Gasteiger partial charge in [-0.15, -0.1) is 0 Å². The van der Waals surface area contributed by atoms with Crippen molar-refractivity contribution >= 4 is 21.6 Å². The fraction of sp³-hybridized carbons (Fsp3) is 0.222. The smallest absolute Gasteiger partial charge is 0.181 e. The Morgan fingerprint density at radius 1 is 1.58 bits per heavy atom. The maximum absolute atomic E-state index is 8.43. The van der Waals surface area contributed by atoms with Gasteiger partial charge in [0.05, 0.1) is 5.69 Å². The molecule has 0 radical (unpaired) electrons. The first-order chi connectivity index (χ1) is 5.77. The Bertz CT molecular complexity index is 315. The minimum atomic E-state index is 0.830. The van der Waals surface area contributed by atoms with Crippen LogP contribution in [0.1, 0.15) is 12.5 Å². The second kappa shape index (κ2) is 4.13. The van der Waals surface area contributed by atoms with Crippen LogP contribution < -0.4 is 5.32 Å². The highest BCUT2D eigenvalue weighted by atomic mass is 79.9. The van der Waals surface area contributed by atoms with Crippen LogP contribution in [0, 0.1) is 11.5 Å². The fourth-order valence-corrected chi connectivity index (χ4v) is 1.29. The first-order valence-electron chi connectivity index (χ1n) is 3.71. The summed E-state index contributed by atoms with van der Waals surface area (Å²) in [5.74, 6) is 0. The van der Waals surface area contributed by atoms with Gasteiger partial charge in [-0.3, -0.25) is 5.32 Å². The molecule has 62 valence electrons. The van der Waals surface area contributed by atoms with Crippen molar-refractivity contribution in [3.05, 3.63) is 28.2 Å². The minimum Gasteiger partial charge on any atom is -0.292 e. The number of nitrogens with one attached hydrogen (secondary N) is 1. The second-order valence-corrected chi connectivity index (χ2v) is 3.26. The Balaban J connectivity index is 3.01. The average molecular weight is 225 g/mol. The highest BCUT2D eigenvalue weighted by Gasteiger charge is 1.98. The predicted octanol–water partition coefficient (Wildman–Crippen LogP) is 2.90. The first-order valence-corrected chi connectivity index (χ1v) is 4.50. The molecule has 0 saturated carbocycles. The van der Waals surface area contributed by atoms with Gasteiger partial charge < -0.3 is 0 Å². The molecule has 12 heavy (non-hydrogen) atoms. The van der Waals surface area contributed by atoms with Gasteiger partial charge in [0.1, 0.15) is 0 Å². The lowest BCUT2D eigenvalue weighted by atomic mass is 10.1. The molecule has 0 heterocycles. The van der Waals surface area contributed by atoms with Gasteiger partial charge in [0.25, 0.3) is 0 Å². The van der Waals surface area contributed by atoms with Crippen molar-refractivity contribution in [3.8, 4) is 6.19 Å². The molecule has 0 bridgehead atoms. The van der Waals surface area contributed by atoms with Crippen molar-refractivity contribution in [1.82, 2.24) is 0 Å². The molecule has 0 atom stereocenters. The molecule has 0 fully saturated rings. The summed E-state index contributed by atoms with van der Waals surface area (Å²) in [5, 5.41) is 11.0. The second-order valence-electron chi connectivity index (χ2n) is 2.40. The Morgan fingerprint density at radius 3 is 2.92 bits per heavy atom. The number of nitriles is 1. The molecule has 0 aromatic heterocycles. The lowest BCUT2D eigenvalue weighted by Gasteiger charge is -2.03. The zero-order chi connectivity index (χ0) is 8.97. The van der Waals surface area contributed by atoms with Crippen LogP contribution in [0.4, 0.5) is 5.69 Å². The van der Waals surface area contributed by atoms with Gasteiger partial charge >= 0.3 is 0 Å². The molecule has 0 spiro atoms. The van der Waals surface area contributed by atoms with Gasteiger partial charge in [0.15, 0.2) is 6.19 Å². The third-order valence-corrected chi connectivity index (χ3v) is 2.32. The van der Waals surface area contributed by atoms with Crippen LogP contribution in [0.2, 0.25) is 0 Å². The third-order valence-electron chi connectivity index (χ3n) is 1.63. The number of nitrogens with zero attached hydrogens (tertiary/aromatic N) is 1. The Morgan fingerprint density at radius 2 is 2.33 bits per heavy atom. The van der Waals surface area contributed by atoms with Crippen LogP contribution in [-0.4, -0.2) is 0 Å². The van der Waals surface area contributed by atoms with E-state index in [4.69, 9.17) is 5.26 Å². The molecular formula is C9H9BrN2. The van der Waals surface area contributed by atoms with Crippen molar-refractivity contribution in [1.29, 1.82) is 5.26 Å². The zero-order valence-electron chi connectivity index (χ0n) is 6.76. The van der Waals surface area contributed by atoms with E-state index in [1.807, 2.05) is 24.4 Å². The minimum absolute atomic E-state index is 0.830. The fourth-order valence-electron chi connectivity index (χ4n) is 0.948. The molecule has 0 aliphatic heterocycles. The van der Waals surface area contributed by atoms with Gasteiger partial charge in [0.2, 0.25) is 0 Å². The SMILES string of the molecule is CCc1ccc(Br)c(NC#N)c1. The molecule has 0 aliphatic rings. The lowest BCUT2D eigenvalue weighted by molar-refractivity contribution is 1.14. The monoisotopic (exact) mass is 224 g/mol. The zero-order valence-corrected chi connectivity index (χ0v) is 8.35. The molecule has 0 aliphatic carbocycles. The van der Waals surface area contributed by atoms with Crippen LogP contribution in [0.5, 0.6) is 0 Å². The van der Waals surface area contributed by atoms with E-state index in [0.717, 1.165) is 16.6 Å². The molecule has 0 amide bonds. The molecule has 1 rings (SSSR count). The van der Waals surface area contributed by atoms with Crippen molar-refractivity contribution in [2.75, 3.05) is 5.32 Å². The van der Waals surface area contributed by atoms with E-state index >= 15 is 0 Å². The number of hydrogen-bond donors (Lipinski definition) is 1. The van der Waals surface area contributed by atoms with Gasteiger partial charge in [-0.2, -0.15) is 5.26 Å². The number of halogens is 1. The van der Waals surface area contributed by atoms with Gasteiger partial charge in [-0.25, -0.2) is 0 Å². The quantitative estimate of drug-likeness (QED) is 0.620. The first kappa shape index (κ1) is 9.08. The maximum Gasteiger partial charge on any atom is 0.181 e. The highest BCUT2D eigenvalue weighted by Crippen LogP contribution is 2.23. The van der Waals surface area contributed by atoms with E-state index in [1.165, 1.54) is 5.56 Å². The summed E-state index contributed by atoms with van der Waals surface area (Å²) in [6.07, 6.45) is 2.88. The number of aryl methyl sites for hydroxylation is 1. The molecular weight excluding hydrogens is 216 g/mol. The molecule has 0 unspecified atom stereocenters. The normalized spacial score (nSPS) is 9.08. The molecule has 1 N–H and O–H groups in total. The van der Waals surface area contributed by atoms with E-state index in [9.17, 15) is 0 Å². The van der Waals surface area contributed by atoms with E-state index < -0.39 is 0 Å². The third kappa shape index (κ3) is 1.99. The summed E-state index contributed by atoms with van der Waals surface area (Å²) in [5.41, 5.74) is 2.05. The van der Waals surface area contributed by atoms with E-state index in [0.29, 0.717) is 0 Å². The Hall–Kier alpha value is -1.01. The van der Waals surface area contributed by atoms with E-state index in [2.05, 4.69) is 28.2 Å². The molecule has 3 heteroatoms. The topological polar surface area (TPSA) is 35.8 Å². The maximum atomic E-state index is 8.43. The average Bonchev–Trinajstić information content (AvgIpc) is 2.09. The largest absolute Gasteiger partial charge is 0.292 e. The van der Waals surface area contributed by atoms with Crippen LogP contribution in [0.25, 0.3) is 0 Å². The Kier molecular flexibility index (Phi) is 3.12. The molecule has 0 saturated heterocycles. The standard InChI is InChI=1S/C9H9BrN2/c1-2-7-3-4-8(10)9(5-7)12-6-11/h3-5,12H,2H2,1H3. The van der Waals surface area contributed by atoms with Crippen molar-refractivity contribution in [2.45, 2.75) is 13.3 Å². The van der Waals surface area contributed by atoms with E-state index in [-0.39, 0.29) is 0 Å². The lowest BCUT2D eigenvalue weighted by Crippen LogP contribution is -1.90. The highest BCUT2D eigenvalue weighted by molar-refractivity contribution is 9.10. The summed E-state index contributed by atoms with van der Waals surface area (Å²) in [4.78, 5) is 0. The van der Waals surface area contributed by atoms with Gasteiger partial charge in [-0.05, 0) is 40.0 Å². The predicted molar refractivity (Wildman–Crippen MR) is 52.8 cm³/mol.